The minimum Gasteiger partial charge on any atom is -0.438 e. The molecule has 0 aliphatic carbocycles. The van der Waals surface area contributed by atoms with Crippen molar-refractivity contribution in [2.45, 2.75) is 0 Å². The molecule has 0 spiro atoms. The van der Waals surface area contributed by atoms with Crippen molar-refractivity contribution in [3.8, 4) is 11.6 Å². The van der Waals surface area contributed by atoms with Crippen LogP contribution in [0.5, 0.6) is 11.6 Å². The Kier molecular flexibility index (Phi) is 5.48. The van der Waals surface area contributed by atoms with Crippen LogP contribution >= 0.6 is 15.9 Å². The summed E-state index contributed by atoms with van der Waals surface area (Å²) in [6, 6.07) is 10.7. The summed E-state index contributed by atoms with van der Waals surface area (Å²) in [5, 5.41) is 6.27. The lowest BCUT2D eigenvalue weighted by Gasteiger charge is -2.11. The highest BCUT2D eigenvalue weighted by Gasteiger charge is 2.19. The van der Waals surface area contributed by atoms with E-state index < -0.39 is 5.91 Å². The van der Waals surface area contributed by atoms with E-state index >= 15 is 0 Å². The van der Waals surface area contributed by atoms with Crippen LogP contribution in [-0.4, -0.2) is 30.8 Å². The zero-order valence-corrected chi connectivity index (χ0v) is 13.6. The lowest BCUT2D eigenvalue weighted by Crippen LogP contribution is -2.29. The molecule has 2 aromatic rings. The lowest BCUT2D eigenvalue weighted by molar-refractivity contribution is -0.114. The largest absolute Gasteiger partial charge is 0.438 e. The van der Waals surface area contributed by atoms with E-state index in [1.807, 2.05) is 12.1 Å². The zero-order valence-electron chi connectivity index (χ0n) is 12.0. The fraction of sp³-hybridized carbons (Fsp3) is 0.133. The standard InChI is InChI=1S/C15H14BrN3O3/c1-17-14(20)13(19-21-2)12-7-4-8-18-15(12)22-11-6-3-5-10(16)9-11/h3-9H,1-2H3,(H,17,20). The van der Waals surface area contributed by atoms with Gasteiger partial charge in [-0.3, -0.25) is 4.79 Å². The number of nitrogens with one attached hydrogen (secondary N) is 1. The van der Waals surface area contributed by atoms with E-state index in [0.717, 1.165) is 4.47 Å². The number of rotatable bonds is 5. The minimum atomic E-state index is -0.394. The maximum atomic E-state index is 11.9. The molecule has 0 saturated heterocycles. The number of amides is 1. The number of carbonyl (C=O) groups is 1. The van der Waals surface area contributed by atoms with Gasteiger partial charge in [-0.25, -0.2) is 4.98 Å². The average molecular weight is 364 g/mol. The predicted molar refractivity (Wildman–Crippen MR) is 86.1 cm³/mol. The molecule has 1 aromatic carbocycles. The number of halogens is 1. The van der Waals surface area contributed by atoms with Crippen LogP contribution in [0.15, 0.2) is 52.2 Å². The van der Waals surface area contributed by atoms with Crippen LogP contribution in [0.2, 0.25) is 0 Å². The van der Waals surface area contributed by atoms with E-state index in [-0.39, 0.29) is 11.6 Å². The van der Waals surface area contributed by atoms with Gasteiger partial charge in [-0.05, 0) is 30.3 Å². The van der Waals surface area contributed by atoms with Crippen molar-refractivity contribution in [1.82, 2.24) is 10.3 Å². The van der Waals surface area contributed by atoms with Gasteiger partial charge in [0.25, 0.3) is 5.91 Å². The van der Waals surface area contributed by atoms with Gasteiger partial charge in [0.1, 0.15) is 12.9 Å². The maximum Gasteiger partial charge on any atom is 0.273 e. The van der Waals surface area contributed by atoms with E-state index in [0.29, 0.717) is 11.3 Å². The summed E-state index contributed by atoms with van der Waals surface area (Å²) in [6.45, 7) is 0. The Bertz CT molecular complexity index is 704. The van der Waals surface area contributed by atoms with Crippen LogP contribution in [0.4, 0.5) is 0 Å². The van der Waals surface area contributed by atoms with Crippen LogP contribution in [0, 0.1) is 0 Å². The number of benzene rings is 1. The number of nitrogens with zero attached hydrogens (tertiary/aromatic N) is 2. The van der Waals surface area contributed by atoms with Crippen molar-refractivity contribution in [3.05, 3.63) is 52.6 Å². The fourth-order valence-electron chi connectivity index (χ4n) is 1.72. The molecule has 7 heteroatoms. The predicted octanol–water partition coefficient (Wildman–Crippen LogP) is 2.73. The van der Waals surface area contributed by atoms with E-state index in [1.54, 1.807) is 30.5 Å². The zero-order chi connectivity index (χ0) is 15.9. The van der Waals surface area contributed by atoms with E-state index in [2.05, 4.69) is 31.4 Å². The van der Waals surface area contributed by atoms with Crippen molar-refractivity contribution >= 4 is 27.5 Å². The Balaban J connectivity index is 2.41. The Morgan fingerprint density at radius 1 is 1.32 bits per heavy atom. The van der Waals surface area contributed by atoms with Crippen LogP contribution in [0.3, 0.4) is 0 Å². The molecule has 0 aliphatic rings. The topological polar surface area (TPSA) is 72.8 Å². The second-order valence-corrected chi connectivity index (χ2v) is 5.03. The van der Waals surface area contributed by atoms with Gasteiger partial charge in [0.05, 0.1) is 5.56 Å². The second kappa shape index (κ2) is 7.56. The molecular formula is C15H14BrN3O3. The molecule has 2 rings (SSSR count). The molecular weight excluding hydrogens is 350 g/mol. The fourth-order valence-corrected chi connectivity index (χ4v) is 2.10. The smallest absolute Gasteiger partial charge is 0.273 e. The highest BCUT2D eigenvalue weighted by molar-refractivity contribution is 9.10. The molecule has 0 bridgehead atoms. The van der Waals surface area contributed by atoms with Crippen LogP contribution in [0.25, 0.3) is 0 Å². The number of pyridine rings is 1. The summed E-state index contributed by atoms with van der Waals surface area (Å²) in [7, 11) is 2.88. The maximum absolute atomic E-state index is 11.9. The SMILES string of the molecule is CNC(=O)C(=NOC)c1cccnc1Oc1cccc(Br)c1. The van der Waals surface area contributed by atoms with Gasteiger partial charge in [0.15, 0.2) is 5.71 Å². The van der Waals surface area contributed by atoms with Crippen molar-refractivity contribution in [3.63, 3.8) is 0 Å². The first-order chi connectivity index (χ1) is 10.7. The van der Waals surface area contributed by atoms with Gasteiger partial charge in [-0.15, -0.1) is 0 Å². The van der Waals surface area contributed by atoms with Gasteiger partial charge in [-0.2, -0.15) is 0 Å². The summed E-state index contributed by atoms with van der Waals surface area (Å²) in [5.41, 5.74) is 0.520. The molecule has 22 heavy (non-hydrogen) atoms. The van der Waals surface area contributed by atoms with E-state index in [9.17, 15) is 4.79 Å². The number of hydrogen-bond acceptors (Lipinski definition) is 5. The molecule has 0 radical (unpaired) electrons. The number of oxime groups is 1. The monoisotopic (exact) mass is 363 g/mol. The highest BCUT2D eigenvalue weighted by Crippen LogP contribution is 2.26. The van der Waals surface area contributed by atoms with E-state index in [4.69, 9.17) is 9.57 Å². The van der Waals surface area contributed by atoms with Gasteiger partial charge in [0, 0.05) is 17.7 Å². The third kappa shape index (κ3) is 3.82. The van der Waals surface area contributed by atoms with Crippen molar-refractivity contribution in [2.24, 2.45) is 5.16 Å². The van der Waals surface area contributed by atoms with E-state index in [1.165, 1.54) is 14.2 Å². The molecule has 0 fully saturated rings. The van der Waals surface area contributed by atoms with Gasteiger partial charge >= 0.3 is 0 Å². The number of ether oxygens (including phenoxy) is 1. The average Bonchev–Trinajstić information content (AvgIpc) is 2.53. The number of likely N-dealkylation sites (N-methyl/N-ethyl adjacent to an activating group) is 1. The Morgan fingerprint density at radius 2 is 2.14 bits per heavy atom. The molecule has 6 nitrogen and oxygen atoms in total. The van der Waals surface area contributed by atoms with Crippen LogP contribution in [-0.2, 0) is 9.63 Å². The molecule has 1 N–H and O–H groups in total. The Morgan fingerprint density at radius 3 is 2.82 bits per heavy atom. The quantitative estimate of drug-likeness (QED) is 0.654. The third-order valence-corrected chi connectivity index (χ3v) is 3.15. The molecule has 1 aromatic heterocycles. The van der Waals surface area contributed by atoms with Crippen LogP contribution < -0.4 is 10.1 Å². The summed E-state index contributed by atoms with van der Waals surface area (Å²) < 4.78 is 6.63. The number of aromatic nitrogens is 1. The summed E-state index contributed by atoms with van der Waals surface area (Å²) in [4.78, 5) is 20.9. The third-order valence-electron chi connectivity index (χ3n) is 2.66. The van der Waals surface area contributed by atoms with Gasteiger partial charge in [-0.1, -0.05) is 27.2 Å². The molecule has 1 heterocycles. The Hall–Kier alpha value is -2.41. The molecule has 0 aliphatic heterocycles. The highest BCUT2D eigenvalue weighted by atomic mass is 79.9. The second-order valence-electron chi connectivity index (χ2n) is 4.12. The molecule has 0 atom stereocenters. The first-order valence-corrected chi connectivity index (χ1v) is 7.17. The Labute approximate surface area is 136 Å². The van der Waals surface area contributed by atoms with Gasteiger partial charge < -0.3 is 14.9 Å². The number of carbonyl (C=O) groups excluding carboxylic acids is 1. The minimum absolute atomic E-state index is 0.0862. The molecule has 0 unspecified atom stereocenters. The molecule has 0 saturated carbocycles. The van der Waals surface area contributed by atoms with Gasteiger partial charge in [0.2, 0.25) is 5.88 Å². The van der Waals surface area contributed by atoms with Crippen molar-refractivity contribution < 1.29 is 14.4 Å². The first kappa shape index (κ1) is 16.0. The van der Waals surface area contributed by atoms with Crippen molar-refractivity contribution in [1.29, 1.82) is 0 Å². The summed E-state index contributed by atoms with van der Waals surface area (Å²) >= 11 is 3.37. The van der Waals surface area contributed by atoms with Crippen LogP contribution in [0.1, 0.15) is 5.56 Å². The summed E-state index contributed by atoms with van der Waals surface area (Å²) in [5.74, 6) is 0.456. The van der Waals surface area contributed by atoms with Crippen molar-refractivity contribution in [2.75, 3.05) is 14.2 Å². The number of hydrogen-bond donors (Lipinski definition) is 1. The summed E-state index contributed by atoms with van der Waals surface area (Å²) in [6.07, 6.45) is 1.57. The molecule has 1 amide bonds. The molecule has 114 valence electrons. The lowest BCUT2D eigenvalue weighted by atomic mass is 10.1. The normalized spacial score (nSPS) is 11.0. The first-order valence-electron chi connectivity index (χ1n) is 6.37.